The highest BCUT2D eigenvalue weighted by Gasteiger charge is 2.49. The van der Waals surface area contributed by atoms with Crippen LogP contribution in [-0.4, -0.2) is 35.5 Å². The van der Waals surface area contributed by atoms with E-state index in [-0.39, 0.29) is 17.5 Å². The summed E-state index contributed by atoms with van der Waals surface area (Å²) in [4.78, 5) is 16.5. The number of para-hydroxylation sites is 2. The average Bonchev–Trinajstić information content (AvgIpc) is 3.00. The van der Waals surface area contributed by atoms with E-state index >= 15 is 4.39 Å². The number of fused-ring (bicyclic) bond motifs is 2. The van der Waals surface area contributed by atoms with E-state index in [1.807, 2.05) is 48.8 Å². The molecule has 2 aromatic carbocycles. The summed E-state index contributed by atoms with van der Waals surface area (Å²) < 4.78 is 15.1. The molecule has 0 atom stereocenters. The highest BCUT2D eigenvalue weighted by Crippen LogP contribution is 2.54. The summed E-state index contributed by atoms with van der Waals surface area (Å²) in [7, 11) is 0. The fraction of sp³-hybridized carbons (Fsp3) is 0.435. The maximum atomic E-state index is 15.1. The molecule has 2 aliphatic rings. The largest absolute Gasteiger partial charge is 0.506 e. The van der Waals surface area contributed by atoms with Crippen molar-refractivity contribution in [1.29, 1.82) is 0 Å². The second-order valence-electron chi connectivity index (χ2n) is 9.26. The molecule has 6 heteroatoms. The lowest BCUT2D eigenvalue weighted by molar-refractivity contribution is -0.141. The summed E-state index contributed by atoms with van der Waals surface area (Å²) in [6.07, 6.45) is 1.29. The number of amides is 1. The number of benzene rings is 2. The second kappa shape index (κ2) is 6.65. The van der Waals surface area contributed by atoms with Crippen LogP contribution in [0.15, 0.2) is 36.4 Å². The van der Waals surface area contributed by atoms with Gasteiger partial charge in [-0.25, -0.2) is 4.39 Å². The van der Waals surface area contributed by atoms with Crippen molar-refractivity contribution in [2.45, 2.75) is 39.0 Å². The maximum Gasteiger partial charge on any atom is 0.227 e. The SMILES string of the molecule is CC(C)(C)C(=O)N1CCC2(CC1)CN(c1ccccc1N)c1c(O)ccc(F)c12. The van der Waals surface area contributed by atoms with E-state index in [9.17, 15) is 9.90 Å². The fourth-order valence-electron chi connectivity index (χ4n) is 4.75. The number of piperidine rings is 1. The number of anilines is 3. The van der Waals surface area contributed by atoms with Gasteiger partial charge in [-0.15, -0.1) is 0 Å². The normalized spacial score (nSPS) is 18.2. The van der Waals surface area contributed by atoms with E-state index in [0.717, 1.165) is 5.69 Å². The summed E-state index contributed by atoms with van der Waals surface area (Å²) in [5.41, 5.74) is 7.69. The van der Waals surface area contributed by atoms with E-state index < -0.39 is 10.8 Å². The molecule has 2 aromatic rings. The molecule has 0 aromatic heterocycles. The zero-order valence-corrected chi connectivity index (χ0v) is 17.2. The third kappa shape index (κ3) is 3.11. The van der Waals surface area contributed by atoms with Gasteiger partial charge in [-0.3, -0.25) is 4.79 Å². The fourth-order valence-corrected chi connectivity index (χ4v) is 4.75. The third-order valence-electron chi connectivity index (χ3n) is 6.24. The summed E-state index contributed by atoms with van der Waals surface area (Å²) >= 11 is 0. The zero-order chi connectivity index (χ0) is 21.0. The van der Waals surface area contributed by atoms with Crippen LogP contribution >= 0.6 is 0 Å². The lowest BCUT2D eigenvalue weighted by Gasteiger charge is -2.42. The van der Waals surface area contributed by atoms with Crippen LogP contribution in [0.1, 0.15) is 39.2 Å². The highest BCUT2D eigenvalue weighted by atomic mass is 19.1. The van der Waals surface area contributed by atoms with Gasteiger partial charge < -0.3 is 20.6 Å². The Kier molecular flexibility index (Phi) is 4.48. The number of halogens is 1. The number of nitrogens with zero attached hydrogens (tertiary/aromatic N) is 2. The number of likely N-dealkylation sites (tertiary alicyclic amines) is 1. The van der Waals surface area contributed by atoms with Crippen LogP contribution in [0, 0.1) is 11.2 Å². The molecule has 29 heavy (non-hydrogen) atoms. The summed E-state index contributed by atoms with van der Waals surface area (Å²) in [5, 5.41) is 10.6. The average molecular weight is 397 g/mol. The van der Waals surface area contributed by atoms with E-state index in [1.54, 1.807) is 6.07 Å². The molecule has 2 aliphatic heterocycles. The van der Waals surface area contributed by atoms with Gasteiger partial charge in [-0.05, 0) is 37.1 Å². The second-order valence-corrected chi connectivity index (χ2v) is 9.26. The van der Waals surface area contributed by atoms with Gasteiger partial charge >= 0.3 is 0 Å². The van der Waals surface area contributed by atoms with Crippen molar-refractivity contribution in [3.8, 4) is 5.75 Å². The molecule has 0 unspecified atom stereocenters. The van der Waals surface area contributed by atoms with Gasteiger partial charge in [0.1, 0.15) is 11.6 Å². The summed E-state index contributed by atoms with van der Waals surface area (Å²) in [6.45, 7) is 7.43. The molecule has 1 saturated heterocycles. The molecule has 5 nitrogen and oxygen atoms in total. The number of carbonyl (C=O) groups is 1. The van der Waals surface area contributed by atoms with Gasteiger partial charge in [-0.1, -0.05) is 32.9 Å². The number of rotatable bonds is 1. The first kappa shape index (κ1) is 19.6. The quantitative estimate of drug-likeness (QED) is 0.709. The van der Waals surface area contributed by atoms with E-state index in [1.165, 1.54) is 12.1 Å². The molecule has 1 fully saturated rings. The van der Waals surface area contributed by atoms with Crippen LogP contribution in [0.5, 0.6) is 5.75 Å². The molecule has 2 heterocycles. The molecule has 4 rings (SSSR count). The monoisotopic (exact) mass is 397 g/mol. The lowest BCUT2D eigenvalue weighted by atomic mass is 9.73. The first-order valence-corrected chi connectivity index (χ1v) is 10.1. The smallest absolute Gasteiger partial charge is 0.227 e. The Hall–Kier alpha value is -2.76. The number of carbonyl (C=O) groups excluding carboxylic acids is 1. The Labute approximate surface area is 170 Å². The topological polar surface area (TPSA) is 69.8 Å². The Morgan fingerprint density at radius 1 is 1.14 bits per heavy atom. The van der Waals surface area contributed by atoms with Crippen molar-refractivity contribution in [2.75, 3.05) is 30.3 Å². The molecular formula is C23H28FN3O2. The third-order valence-corrected chi connectivity index (χ3v) is 6.24. The number of phenols is 1. The van der Waals surface area contributed by atoms with Crippen LogP contribution in [0.3, 0.4) is 0 Å². The molecule has 154 valence electrons. The lowest BCUT2D eigenvalue weighted by Crippen LogP contribution is -2.49. The predicted octanol–water partition coefficient (Wildman–Crippen LogP) is 4.17. The first-order chi connectivity index (χ1) is 13.6. The number of aromatic hydroxyl groups is 1. The molecule has 1 spiro atoms. The molecule has 0 aliphatic carbocycles. The number of hydrogen-bond acceptors (Lipinski definition) is 4. The van der Waals surface area contributed by atoms with Crippen molar-refractivity contribution >= 4 is 23.0 Å². The zero-order valence-electron chi connectivity index (χ0n) is 17.2. The predicted molar refractivity (Wildman–Crippen MR) is 113 cm³/mol. The Balaban J connectivity index is 1.74. The van der Waals surface area contributed by atoms with Crippen LogP contribution < -0.4 is 10.6 Å². The van der Waals surface area contributed by atoms with Crippen molar-refractivity contribution < 1.29 is 14.3 Å². The summed E-state index contributed by atoms with van der Waals surface area (Å²) in [5.74, 6) is -0.147. The Morgan fingerprint density at radius 3 is 2.41 bits per heavy atom. The molecule has 0 bridgehead atoms. The van der Waals surface area contributed by atoms with E-state index in [4.69, 9.17) is 5.73 Å². The van der Waals surface area contributed by atoms with Crippen molar-refractivity contribution in [2.24, 2.45) is 5.41 Å². The van der Waals surface area contributed by atoms with Crippen molar-refractivity contribution in [3.05, 3.63) is 47.8 Å². The standard InChI is InChI=1S/C23H28FN3O2/c1-22(2,3)21(29)26-12-10-23(11-13-26)14-27(17-7-5-4-6-16(17)25)20-18(28)9-8-15(24)19(20)23/h4-9,28H,10-14,25H2,1-3H3. The number of hydrogen-bond donors (Lipinski definition) is 2. The van der Waals surface area contributed by atoms with Gasteiger partial charge in [0, 0.05) is 36.0 Å². The number of phenolic OH excluding ortho intramolecular Hbond substituents is 1. The Morgan fingerprint density at radius 2 is 1.79 bits per heavy atom. The van der Waals surface area contributed by atoms with E-state index in [2.05, 4.69) is 0 Å². The highest BCUT2D eigenvalue weighted by molar-refractivity contribution is 5.84. The van der Waals surface area contributed by atoms with Crippen LogP contribution in [0.4, 0.5) is 21.5 Å². The van der Waals surface area contributed by atoms with Crippen LogP contribution in [0.2, 0.25) is 0 Å². The summed E-state index contributed by atoms with van der Waals surface area (Å²) in [6, 6.07) is 10.2. The minimum absolute atomic E-state index is 0.0507. The van der Waals surface area contributed by atoms with Crippen molar-refractivity contribution in [1.82, 2.24) is 4.90 Å². The minimum atomic E-state index is -0.463. The molecule has 0 saturated carbocycles. The number of nitrogens with two attached hydrogens (primary N) is 1. The van der Waals surface area contributed by atoms with Crippen LogP contribution in [-0.2, 0) is 10.2 Å². The Bertz CT molecular complexity index is 959. The molecular weight excluding hydrogens is 369 g/mol. The van der Waals surface area contributed by atoms with Gasteiger partial charge in [0.15, 0.2) is 0 Å². The first-order valence-electron chi connectivity index (χ1n) is 10.1. The maximum absolute atomic E-state index is 15.1. The molecule has 1 amide bonds. The van der Waals surface area contributed by atoms with Crippen molar-refractivity contribution in [3.63, 3.8) is 0 Å². The van der Waals surface area contributed by atoms with Gasteiger partial charge in [-0.2, -0.15) is 0 Å². The molecule has 3 N–H and O–H groups in total. The van der Waals surface area contributed by atoms with Gasteiger partial charge in [0.25, 0.3) is 0 Å². The van der Waals surface area contributed by atoms with Crippen LogP contribution in [0.25, 0.3) is 0 Å². The van der Waals surface area contributed by atoms with E-state index in [0.29, 0.717) is 49.4 Å². The minimum Gasteiger partial charge on any atom is -0.506 e. The van der Waals surface area contributed by atoms with Gasteiger partial charge in [0.2, 0.25) is 5.91 Å². The number of nitrogen functional groups attached to an aromatic ring is 1. The van der Waals surface area contributed by atoms with Gasteiger partial charge in [0.05, 0.1) is 17.1 Å². The molecule has 0 radical (unpaired) electrons.